The highest BCUT2D eigenvalue weighted by Gasteiger charge is 2.32. The van der Waals surface area contributed by atoms with Gasteiger partial charge in [-0.3, -0.25) is 4.31 Å². The number of hydrogen-bond donors (Lipinski definition) is 0. The van der Waals surface area contributed by atoms with Crippen molar-refractivity contribution in [3.05, 3.63) is 59.7 Å². The maximum atomic E-state index is 13.0. The summed E-state index contributed by atoms with van der Waals surface area (Å²) in [4.78, 5) is 0.334. The maximum Gasteiger partial charge on any atom is 0.264 e. The van der Waals surface area contributed by atoms with Crippen LogP contribution in [0.3, 0.4) is 0 Å². The van der Waals surface area contributed by atoms with Crippen molar-refractivity contribution in [1.29, 1.82) is 0 Å². The van der Waals surface area contributed by atoms with E-state index in [9.17, 15) is 8.42 Å². The average Bonchev–Trinajstić information content (AvgIpc) is 2.60. The molecular formula is C18H21NO3S. The molecular weight excluding hydrogens is 310 g/mol. The Morgan fingerprint density at radius 3 is 2.48 bits per heavy atom. The van der Waals surface area contributed by atoms with Gasteiger partial charge < -0.3 is 4.74 Å². The number of rotatable bonds is 4. The lowest BCUT2D eigenvalue weighted by Crippen LogP contribution is -2.37. The molecule has 23 heavy (non-hydrogen) atoms. The van der Waals surface area contributed by atoms with Crippen LogP contribution >= 0.6 is 0 Å². The van der Waals surface area contributed by atoms with Crippen LogP contribution in [0, 0.1) is 0 Å². The molecule has 3 rings (SSSR count). The molecule has 0 aliphatic carbocycles. The number of anilines is 1. The molecule has 1 heterocycles. The molecule has 2 aromatic rings. The number of nitrogens with zero attached hydrogens (tertiary/aromatic N) is 1. The summed E-state index contributed by atoms with van der Waals surface area (Å²) in [6, 6.07) is 14.7. The highest BCUT2D eigenvalue weighted by molar-refractivity contribution is 7.92. The number of sulfonamides is 1. The maximum absolute atomic E-state index is 13.0. The number of fused-ring (bicyclic) bond motifs is 1. The molecule has 0 amide bonds. The zero-order chi connectivity index (χ0) is 16.4. The summed E-state index contributed by atoms with van der Waals surface area (Å²) in [5.41, 5.74) is 2.77. The van der Waals surface area contributed by atoms with E-state index in [0.29, 0.717) is 23.5 Å². The Bertz CT molecular complexity index is 784. The first kappa shape index (κ1) is 16.0. The van der Waals surface area contributed by atoms with Gasteiger partial charge in [0.25, 0.3) is 10.0 Å². The van der Waals surface area contributed by atoms with E-state index in [1.165, 1.54) is 4.31 Å². The average molecular weight is 331 g/mol. The molecule has 4 nitrogen and oxygen atoms in total. The largest absolute Gasteiger partial charge is 0.377 e. The Balaban J connectivity index is 2.03. The Kier molecular flexibility index (Phi) is 4.41. The van der Waals surface area contributed by atoms with E-state index >= 15 is 0 Å². The fourth-order valence-corrected chi connectivity index (χ4v) is 4.52. The number of aryl methyl sites for hydroxylation is 1. The van der Waals surface area contributed by atoms with Crippen LogP contribution in [0.15, 0.2) is 53.4 Å². The summed E-state index contributed by atoms with van der Waals surface area (Å²) in [6.45, 7) is 2.47. The van der Waals surface area contributed by atoms with Gasteiger partial charge >= 0.3 is 0 Å². The molecule has 1 aliphatic rings. The smallest absolute Gasteiger partial charge is 0.264 e. The van der Waals surface area contributed by atoms with Gasteiger partial charge in [-0.2, -0.15) is 0 Å². The van der Waals surface area contributed by atoms with Gasteiger partial charge in [0.1, 0.15) is 0 Å². The molecule has 0 bridgehead atoms. The molecule has 0 saturated heterocycles. The molecule has 0 saturated carbocycles. The minimum absolute atomic E-state index is 0.0554. The van der Waals surface area contributed by atoms with Crippen LogP contribution in [0.2, 0.25) is 0 Å². The normalized spacial score (nSPS) is 17.8. The second-order valence-electron chi connectivity index (χ2n) is 5.65. The quantitative estimate of drug-likeness (QED) is 0.861. The van der Waals surface area contributed by atoms with E-state index in [2.05, 4.69) is 6.92 Å². The number of ether oxygens (including phenoxy) is 1. The molecule has 122 valence electrons. The molecule has 0 N–H and O–H groups in total. The molecule has 0 radical (unpaired) electrons. The summed E-state index contributed by atoms with van der Waals surface area (Å²) in [7, 11) is -1.89. The molecule has 2 aromatic carbocycles. The molecule has 1 atom stereocenters. The van der Waals surface area contributed by atoms with Gasteiger partial charge in [-0.25, -0.2) is 8.42 Å². The van der Waals surface area contributed by atoms with Crippen molar-refractivity contribution in [2.45, 2.75) is 30.8 Å². The number of benzene rings is 2. The molecule has 0 fully saturated rings. The van der Waals surface area contributed by atoms with E-state index in [-0.39, 0.29) is 6.10 Å². The van der Waals surface area contributed by atoms with Crippen molar-refractivity contribution >= 4 is 15.7 Å². The topological polar surface area (TPSA) is 46.6 Å². The van der Waals surface area contributed by atoms with Gasteiger partial charge in [-0.15, -0.1) is 0 Å². The lowest BCUT2D eigenvalue weighted by Gasteiger charge is -2.34. The van der Waals surface area contributed by atoms with Crippen LogP contribution in [0.4, 0.5) is 5.69 Å². The zero-order valence-electron chi connectivity index (χ0n) is 13.4. The van der Waals surface area contributed by atoms with Gasteiger partial charge in [0, 0.05) is 19.2 Å². The monoisotopic (exact) mass is 331 g/mol. The minimum Gasteiger partial charge on any atom is -0.377 e. The van der Waals surface area contributed by atoms with Crippen LogP contribution in [0.1, 0.15) is 30.6 Å². The van der Waals surface area contributed by atoms with Crippen LogP contribution in [0.5, 0.6) is 0 Å². The standard InChI is InChI=1S/C18H21NO3S/c1-3-14-8-10-15(11-9-14)23(20,21)19-13-12-18(22-2)16-6-4-5-7-17(16)19/h4-11,18H,3,12-13H2,1-2H3. The number of para-hydroxylation sites is 1. The fraction of sp³-hybridized carbons (Fsp3) is 0.333. The van der Waals surface area contributed by atoms with Gasteiger partial charge in [-0.1, -0.05) is 37.3 Å². The van der Waals surface area contributed by atoms with E-state index in [0.717, 1.165) is 17.5 Å². The molecule has 1 unspecified atom stereocenters. The van der Waals surface area contributed by atoms with Gasteiger partial charge in [0.15, 0.2) is 0 Å². The van der Waals surface area contributed by atoms with Crippen LogP contribution in [0.25, 0.3) is 0 Å². The fourth-order valence-electron chi connectivity index (χ4n) is 3.02. The van der Waals surface area contributed by atoms with Crippen molar-refractivity contribution in [1.82, 2.24) is 0 Å². The first-order chi connectivity index (χ1) is 11.1. The Hall–Kier alpha value is -1.85. The van der Waals surface area contributed by atoms with Crippen LogP contribution < -0.4 is 4.31 Å². The SMILES string of the molecule is CCc1ccc(S(=O)(=O)N2CCC(OC)c3ccccc32)cc1. The summed E-state index contributed by atoms with van der Waals surface area (Å²) < 4.78 is 33.1. The van der Waals surface area contributed by atoms with Crippen molar-refractivity contribution in [3.63, 3.8) is 0 Å². The predicted molar refractivity (Wildman–Crippen MR) is 91.2 cm³/mol. The summed E-state index contributed by atoms with van der Waals surface area (Å²) in [6.07, 6.45) is 1.49. The number of methoxy groups -OCH3 is 1. The summed E-state index contributed by atoms with van der Waals surface area (Å²) >= 11 is 0. The first-order valence-corrected chi connectivity index (χ1v) is 9.25. The van der Waals surface area contributed by atoms with Crippen molar-refractivity contribution in [2.24, 2.45) is 0 Å². The second-order valence-corrected chi connectivity index (χ2v) is 7.51. The van der Waals surface area contributed by atoms with E-state index in [1.54, 1.807) is 19.2 Å². The predicted octanol–water partition coefficient (Wildman–Crippen LogP) is 3.54. The molecule has 5 heteroatoms. The third kappa shape index (κ3) is 2.86. The zero-order valence-corrected chi connectivity index (χ0v) is 14.2. The van der Waals surface area contributed by atoms with Crippen molar-refractivity contribution < 1.29 is 13.2 Å². The third-order valence-corrected chi connectivity index (χ3v) is 6.18. The molecule has 0 spiro atoms. The van der Waals surface area contributed by atoms with Crippen molar-refractivity contribution in [3.8, 4) is 0 Å². The number of hydrogen-bond acceptors (Lipinski definition) is 3. The van der Waals surface area contributed by atoms with Crippen LogP contribution in [-0.2, 0) is 21.2 Å². The lowest BCUT2D eigenvalue weighted by atomic mass is 10.0. The van der Waals surface area contributed by atoms with E-state index in [1.807, 2.05) is 36.4 Å². The molecule has 0 aromatic heterocycles. The van der Waals surface area contributed by atoms with Crippen molar-refractivity contribution in [2.75, 3.05) is 18.0 Å². The lowest BCUT2D eigenvalue weighted by molar-refractivity contribution is 0.0951. The highest BCUT2D eigenvalue weighted by atomic mass is 32.2. The summed E-state index contributed by atoms with van der Waals surface area (Å²) in [5.74, 6) is 0. The van der Waals surface area contributed by atoms with Gasteiger partial charge in [0.05, 0.1) is 16.7 Å². The molecule has 1 aliphatic heterocycles. The minimum atomic E-state index is -3.55. The Morgan fingerprint density at radius 2 is 1.83 bits per heavy atom. The second kappa shape index (κ2) is 6.34. The third-order valence-electron chi connectivity index (χ3n) is 4.35. The summed E-state index contributed by atoms with van der Waals surface area (Å²) in [5, 5.41) is 0. The van der Waals surface area contributed by atoms with Crippen LogP contribution in [-0.4, -0.2) is 22.1 Å². The highest BCUT2D eigenvalue weighted by Crippen LogP contribution is 2.38. The van der Waals surface area contributed by atoms with Gasteiger partial charge in [0.2, 0.25) is 0 Å². The first-order valence-electron chi connectivity index (χ1n) is 7.81. The van der Waals surface area contributed by atoms with E-state index in [4.69, 9.17) is 4.74 Å². The van der Waals surface area contributed by atoms with E-state index < -0.39 is 10.0 Å². The van der Waals surface area contributed by atoms with Gasteiger partial charge in [-0.05, 0) is 36.6 Å². The Morgan fingerprint density at radius 1 is 1.13 bits per heavy atom. The Labute approximate surface area is 137 Å².